The molecule has 0 fully saturated rings. The first-order valence-electron chi connectivity index (χ1n) is 11.3. The SMILES string of the molecule is Cc1c(-c2nccc3cnc(Nc4ccc(S(N)(=O)=O)cc4)cc23)ccc2c1cnn2CC(C)(C)O. The summed E-state index contributed by atoms with van der Waals surface area (Å²) in [6.07, 6.45) is 5.36. The van der Waals surface area contributed by atoms with E-state index in [4.69, 9.17) is 10.1 Å². The van der Waals surface area contributed by atoms with Gasteiger partial charge in [0, 0.05) is 39.8 Å². The van der Waals surface area contributed by atoms with E-state index in [2.05, 4.69) is 15.4 Å². The van der Waals surface area contributed by atoms with Gasteiger partial charge in [-0.1, -0.05) is 6.07 Å². The van der Waals surface area contributed by atoms with E-state index < -0.39 is 15.6 Å². The molecule has 184 valence electrons. The summed E-state index contributed by atoms with van der Waals surface area (Å²) < 4.78 is 24.8. The zero-order chi connectivity index (χ0) is 25.7. The van der Waals surface area contributed by atoms with Crippen LogP contribution in [-0.4, -0.2) is 38.9 Å². The summed E-state index contributed by atoms with van der Waals surface area (Å²) in [5.41, 5.74) is 3.59. The number of primary sulfonamides is 1. The van der Waals surface area contributed by atoms with Crippen LogP contribution in [0, 0.1) is 6.92 Å². The van der Waals surface area contributed by atoms with Crippen LogP contribution in [0.1, 0.15) is 19.4 Å². The lowest BCUT2D eigenvalue weighted by molar-refractivity contribution is 0.0591. The third kappa shape index (κ3) is 4.66. The Hall–Kier alpha value is -3.86. The van der Waals surface area contributed by atoms with Crippen LogP contribution in [0.2, 0.25) is 0 Å². The monoisotopic (exact) mass is 502 g/mol. The molecule has 5 aromatic rings. The highest BCUT2D eigenvalue weighted by Crippen LogP contribution is 2.34. The fourth-order valence-electron chi connectivity index (χ4n) is 4.27. The third-order valence-electron chi connectivity index (χ3n) is 5.99. The summed E-state index contributed by atoms with van der Waals surface area (Å²) in [6, 6.07) is 14.0. The fourth-order valence-corrected chi connectivity index (χ4v) is 4.78. The second-order valence-corrected chi connectivity index (χ2v) is 11.0. The Bertz CT molecular complexity index is 1700. The van der Waals surface area contributed by atoms with Gasteiger partial charge in [0.1, 0.15) is 5.82 Å². The summed E-state index contributed by atoms with van der Waals surface area (Å²) in [5, 5.41) is 26.0. The molecule has 5 rings (SSSR count). The lowest BCUT2D eigenvalue weighted by Gasteiger charge is -2.18. The number of nitrogens with zero attached hydrogens (tertiary/aromatic N) is 4. The minimum absolute atomic E-state index is 0.0442. The van der Waals surface area contributed by atoms with Gasteiger partial charge >= 0.3 is 0 Å². The number of nitrogens with one attached hydrogen (secondary N) is 1. The van der Waals surface area contributed by atoms with Crippen molar-refractivity contribution in [1.29, 1.82) is 0 Å². The number of sulfonamides is 1. The maximum atomic E-state index is 11.5. The van der Waals surface area contributed by atoms with Crippen molar-refractivity contribution < 1.29 is 13.5 Å². The molecule has 0 spiro atoms. The lowest BCUT2D eigenvalue weighted by Crippen LogP contribution is -2.26. The van der Waals surface area contributed by atoms with E-state index in [0.29, 0.717) is 18.1 Å². The summed E-state index contributed by atoms with van der Waals surface area (Å²) >= 11 is 0. The van der Waals surface area contributed by atoms with Gasteiger partial charge in [0.2, 0.25) is 10.0 Å². The minimum atomic E-state index is -3.76. The number of benzene rings is 2. The van der Waals surface area contributed by atoms with Crippen molar-refractivity contribution in [1.82, 2.24) is 19.7 Å². The van der Waals surface area contributed by atoms with Gasteiger partial charge in [0.25, 0.3) is 0 Å². The van der Waals surface area contributed by atoms with Crippen molar-refractivity contribution in [2.45, 2.75) is 37.8 Å². The quantitative estimate of drug-likeness (QED) is 0.318. The molecular weight excluding hydrogens is 476 g/mol. The molecule has 0 aliphatic rings. The molecule has 0 unspecified atom stereocenters. The van der Waals surface area contributed by atoms with Gasteiger partial charge < -0.3 is 10.4 Å². The molecule has 3 aromatic heterocycles. The Kier molecular flexibility index (Phi) is 5.74. The van der Waals surface area contributed by atoms with Crippen molar-refractivity contribution >= 4 is 43.2 Å². The molecular formula is C26H26N6O3S. The van der Waals surface area contributed by atoms with E-state index in [1.165, 1.54) is 12.1 Å². The number of aryl methyl sites for hydroxylation is 1. The summed E-state index contributed by atoms with van der Waals surface area (Å²) in [7, 11) is -3.76. The molecule has 10 heteroatoms. The first-order chi connectivity index (χ1) is 17.0. The zero-order valence-electron chi connectivity index (χ0n) is 20.1. The average molecular weight is 503 g/mol. The van der Waals surface area contributed by atoms with E-state index in [-0.39, 0.29) is 4.90 Å². The van der Waals surface area contributed by atoms with Crippen molar-refractivity contribution in [2.75, 3.05) is 5.32 Å². The number of anilines is 2. The van der Waals surface area contributed by atoms with Gasteiger partial charge in [0.05, 0.1) is 34.4 Å². The van der Waals surface area contributed by atoms with Crippen LogP contribution in [-0.2, 0) is 16.6 Å². The predicted octanol–water partition coefficient (Wildman–Crippen LogP) is 4.12. The molecule has 9 nitrogen and oxygen atoms in total. The molecule has 0 saturated heterocycles. The Morgan fingerprint density at radius 1 is 1.03 bits per heavy atom. The van der Waals surface area contributed by atoms with Gasteiger partial charge in [0.15, 0.2) is 0 Å². The van der Waals surface area contributed by atoms with Crippen LogP contribution >= 0.6 is 0 Å². The first-order valence-corrected chi connectivity index (χ1v) is 12.9. The number of rotatable bonds is 6. The minimum Gasteiger partial charge on any atom is -0.389 e. The van der Waals surface area contributed by atoms with E-state index in [1.807, 2.05) is 42.1 Å². The van der Waals surface area contributed by atoms with Crippen LogP contribution in [0.4, 0.5) is 11.5 Å². The van der Waals surface area contributed by atoms with Gasteiger partial charge in [-0.25, -0.2) is 18.5 Å². The normalized spacial score (nSPS) is 12.4. The second-order valence-electron chi connectivity index (χ2n) is 9.43. The maximum absolute atomic E-state index is 11.5. The van der Waals surface area contributed by atoms with Crippen molar-refractivity contribution in [2.24, 2.45) is 5.14 Å². The molecule has 0 atom stereocenters. The largest absolute Gasteiger partial charge is 0.389 e. The summed E-state index contributed by atoms with van der Waals surface area (Å²) in [6.45, 7) is 5.95. The molecule has 4 N–H and O–H groups in total. The molecule has 2 aromatic carbocycles. The Balaban J connectivity index is 1.54. The van der Waals surface area contributed by atoms with Crippen LogP contribution in [0.5, 0.6) is 0 Å². The molecule has 36 heavy (non-hydrogen) atoms. The van der Waals surface area contributed by atoms with Crippen LogP contribution in [0.25, 0.3) is 32.9 Å². The van der Waals surface area contributed by atoms with Crippen LogP contribution in [0.3, 0.4) is 0 Å². The topological polar surface area (TPSA) is 136 Å². The number of fused-ring (bicyclic) bond motifs is 2. The van der Waals surface area contributed by atoms with Crippen LogP contribution in [0.15, 0.2) is 72.0 Å². The highest BCUT2D eigenvalue weighted by atomic mass is 32.2. The van der Waals surface area contributed by atoms with Crippen molar-refractivity contribution in [3.63, 3.8) is 0 Å². The standard InChI is InChI=1S/C26H26N6O3S/c1-16-20(8-9-23-22(16)14-30-32(23)15-26(2,3)33)25-21-12-24(29-13-17(21)10-11-28-25)31-18-4-6-19(7-5-18)36(27,34)35/h4-14,33H,15H2,1-3H3,(H,29,31)(H2,27,34,35). The van der Waals surface area contributed by atoms with E-state index in [9.17, 15) is 13.5 Å². The molecule has 0 saturated carbocycles. The number of hydrogen-bond donors (Lipinski definition) is 3. The fraction of sp³-hybridized carbons (Fsp3) is 0.192. The van der Waals surface area contributed by atoms with Gasteiger partial charge in [-0.05, 0) is 68.8 Å². The lowest BCUT2D eigenvalue weighted by atomic mass is 9.98. The number of aliphatic hydroxyl groups is 1. The Morgan fingerprint density at radius 3 is 2.47 bits per heavy atom. The highest BCUT2D eigenvalue weighted by Gasteiger charge is 2.18. The second kappa shape index (κ2) is 8.66. The number of aromatic nitrogens is 4. The zero-order valence-corrected chi connectivity index (χ0v) is 20.9. The molecule has 3 heterocycles. The van der Waals surface area contributed by atoms with Crippen molar-refractivity contribution in [3.05, 3.63) is 72.7 Å². The number of pyridine rings is 2. The Labute approximate surface area is 208 Å². The Morgan fingerprint density at radius 2 is 1.78 bits per heavy atom. The van der Waals surface area contributed by atoms with Gasteiger partial charge in [-0.2, -0.15) is 5.10 Å². The van der Waals surface area contributed by atoms with E-state index >= 15 is 0 Å². The molecule has 0 aliphatic heterocycles. The maximum Gasteiger partial charge on any atom is 0.238 e. The van der Waals surface area contributed by atoms with E-state index in [0.717, 1.165) is 38.5 Å². The molecule has 0 aliphatic carbocycles. The predicted molar refractivity (Wildman–Crippen MR) is 140 cm³/mol. The van der Waals surface area contributed by atoms with Crippen LogP contribution < -0.4 is 10.5 Å². The van der Waals surface area contributed by atoms with E-state index in [1.54, 1.807) is 38.4 Å². The average Bonchev–Trinajstić information content (AvgIpc) is 3.21. The van der Waals surface area contributed by atoms with Gasteiger partial charge in [-0.3, -0.25) is 9.67 Å². The van der Waals surface area contributed by atoms with Crippen molar-refractivity contribution in [3.8, 4) is 11.3 Å². The highest BCUT2D eigenvalue weighted by molar-refractivity contribution is 7.89. The first kappa shape index (κ1) is 23.9. The smallest absolute Gasteiger partial charge is 0.238 e. The third-order valence-corrected chi connectivity index (χ3v) is 6.92. The number of hydrogen-bond acceptors (Lipinski definition) is 7. The van der Waals surface area contributed by atoms with Gasteiger partial charge in [-0.15, -0.1) is 0 Å². The summed E-state index contributed by atoms with van der Waals surface area (Å²) in [5.74, 6) is 0.594. The molecule has 0 bridgehead atoms. The molecule has 0 radical (unpaired) electrons. The number of nitrogens with two attached hydrogens (primary N) is 1. The molecule has 0 amide bonds. The summed E-state index contributed by atoms with van der Waals surface area (Å²) in [4.78, 5) is 9.24.